The SMILES string of the molecule is CCCCOC1C(NC(C)=O)C(O)C(O)C(CO)C2OC21. The minimum absolute atomic E-state index is 0.284. The zero-order chi connectivity index (χ0) is 15.6. The lowest BCUT2D eigenvalue weighted by Crippen LogP contribution is -2.56. The van der Waals surface area contributed by atoms with Gasteiger partial charge in [-0.1, -0.05) is 13.3 Å². The molecule has 7 heteroatoms. The topological polar surface area (TPSA) is 112 Å². The van der Waals surface area contributed by atoms with Crippen molar-refractivity contribution in [1.82, 2.24) is 5.32 Å². The molecule has 0 aromatic carbocycles. The van der Waals surface area contributed by atoms with Gasteiger partial charge in [0.15, 0.2) is 0 Å². The van der Waals surface area contributed by atoms with E-state index in [0.29, 0.717) is 6.61 Å². The van der Waals surface area contributed by atoms with E-state index in [0.717, 1.165) is 12.8 Å². The van der Waals surface area contributed by atoms with Gasteiger partial charge in [-0.3, -0.25) is 4.79 Å². The molecule has 21 heavy (non-hydrogen) atoms. The molecule has 1 saturated carbocycles. The Hall–Kier alpha value is -0.730. The number of amides is 1. The fourth-order valence-electron chi connectivity index (χ4n) is 2.98. The van der Waals surface area contributed by atoms with Gasteiger partial charge in [0, 0.05) is 19.4 Å². The lowest BCUT2D eigenvalue weighted by molar-refractivity contribution is -0.127. The number of rotatable bonds is 6. The van der Waals surface area contributed by atoms with Crippen LogP contribution in [0.2, 0.25) is 0 Å². The van der Waals surface area contributed by atoms with Crippen LogP contribution in [0.1, 0.15) is 26.7 Å². The van der Waals surface area contributed by atoms with Crippen LogP contribution in [0, 0.1) is 5.92 Å². The average molecular weight is 303 g/mol. The highest BCUT2D eigenvalue weighted by atomic mass is 16.6. The number of fused-ring (bicyclic) bond motifs is 1. The molecule has 0 radical (unpaired) electrons. The number of unbranched alkanes of at least 4 members (excludes halogenated alkanes) is 1. The van der Waals surface area contributed by atoms with Gasteiger partial charge < -0.3 is 30.1 Å². The number of aliphatic hydroxyl groups excluding tert-OH is 3. The summed E-state index contributed by atoms with van der Waals surface area (Å²) in [6.07, 6.45) is -1.71. The monoisotopic (exact) mass is 303 g/mol. The predicted molar refractivity (Wildman–Crippen MR) is 73.5 cm³/mol. The molecule has 1 heterocycles. The highest BCUT2D eigenvalue weighted by Crippen LogP contribution is 2.41. The molecule has 1 amide bonds. The van der Waals surface area contributed by atoms with Gasteiger partial charge in [0.25, 0.3) is 0 Å². The number of carbonyl (C=O) groups is 1. The minimum Gasteiger partial charge on any atom is -0.396 e. The van der Waals surface area contributed by atoms with Gasteiger partial charge in [0.05, 0.1) is 24.9 Å². The van der Waals surface area contributed by atoms with E-state index in [4.69, 9.17) is 9.47 Å². The van der Waals surface area contributed by atoms with E-state index >= 15 is 0 Å². The first-order valence-corrected chi connectivity index (χ1v) is 7.52. The second-order valence-corrected chi connectivity index (χ2v) is 5.81. The smallest absolute Gasteiger partial charge is 0.217 e. The summed E-state index contributed by atoms with van der Waals surface area (Å²) in [5.74, 6) is -0.879. The Bertz CT molecular complexity index is 365. The molecule has 4 N–H and O–H groups in total. The van der Waals surface area contributed by atoms with Gasteiger partial charge in [-0.05, 0) is 6.42 Å². The van der Waals surface area contributed by atoms with Crippen molar-refractivity contribution in [3.8, 4) is 0 Å². The Morgan fingerprint density at radius 2 is 2.00 bits per heavy atom. The number of aliphatic hydroxyl groups is 3. The van der Waals surface area contributed by atoms with Gasteiger partial charge in [0.2, 0.25) is 5.91 Å². The number of carbonyl (C=O) groups excluding carboxylic acids is 1. The molecule has 2 fully saturated rings. The molecule has 2 rings (SSSR count). The third-order valence-electron chi connectivity index (χ3n) is 4.21. The Labute approximate surface area is 124 Å². The molecule has 2 aliphatic rings. The summed E-state index contributed by atoms with van der Waals surface area (Å²) < 4.78 is 11.3. The average Bonchev–Trinajstić information content (AvgIpc) is 3.21. The van der Waals surface area contributed by atoms with Crippen LogP contribution >= 0.6 is 0 Å². The zero-order valence-electron chi connectivity index (χ0n) is 12.4. The number of nitrogens with one attached hydrogen (secondary N) is 1. The Morgan fingerprint density at radius 1 is 1.29 bits per heavy atom. The molecule has 0 aromatic heterocycles. The first-order valence-electron chi connectivity index (χ1n) is 7.52. The molecule has 7 unspecified atom stereocenters. The molecule has 7 nitrogen and oxygen atoms in total. The fourth-order valence-corrected chi connectivity index (χ4v) is 2.98. The maximum atomic E-state index is 11.4. The van der Waals surface area contributed by atoms with Crippen LogP contribution in [0.5, 0.6) is 0 Å². The van der Waals surface area contributed by atoms with E-state index in [-0.39, 0.29) is 24.7 Å². The van der Waals surface area contributed by atoms with Crippen LogP contribution in [0.4, 0.5) is 0 Å². The first-order chi connectivity index (χ1) is 10.0. The number of hydrogen-bond acceptors (Lipinski definition) is 6. The largest absolute Gasteiger partial charge is 0.396 e. The summed E-state index contributed by atoms with van der Waals surface area (Å²) in [5.41, 5.74) is 0. The lowest BCUT2D eigenvalue weighted by Gasteiger charge is -2.32. The molecule has 7 atom stereocenters. The van der Waals surface area contributed by atoms with Crippen LogP contribution in [0.3, 0.4) is 0 Å². The Kier molecular flexibility index (Phi) is 5.56. The standard InChI is InChI=1S/C14H25NO6/c1-3-4-5-20-13-9(15-7(2)17)11(19)10(18)8(6-16)12-14(13)21-12/h8-14,16,18-19H,3-6H2,1-2H3,(H,15,17). The summed E-state index contributed by atoms with van der Waals surface area (Å²) in [7, 11) is 0. The number of epoxide rings is 1. The minimum atomic E-state index is -1.20. The molecule has 0 spiro atoms. The second kappa shape index (κ2) is 7.02. The molecule has 1 saturated heterocycles. The van der Waals surface area contributed by atoms with Crippen molar-refractivity contribution in [2.75, 3.05) is 13.2 Å². The molecular formula is C14H25NO6. The third-order valence-corrected chi connectivity index (χ3v) is 4.21. The van der Waals surface area contributed by atoms with Gasteiger partial charge in [-0.2, -0.15) is 0 Å². The van der Waals surface area contributed by atoms with E-state index in [1.165, 1.54) is 6.92 Å². The van der Waals surface area contributed by atoms with E-state index < -0.39 is 30.3 Å². The normalized spacial score (nSPS) is 42.0. The highest BCUT2D eigenvalue weighted by molar-refractivity contribution is 5.73. The summed E-state index contributed by atoms with van der Waals surface area (Å²) in [5, 5.41) is 32.5. The molecule has 1 aliphatic carbocycles. The second-order valence-electron chi connectivity index (χ2n) is 5.81. The van der Waals surface area contributed by atoms with Gasteiger partial charge >= 0.3 is 0 Å². The zero-order valence-corrected chi connectivity index (χ0v) is 12.4. The summed E-state index contributed by atoms with van der Waals surface area (Å²) in [6, 6.07) is -0.749. The quantitative estimate of drug-likeness (QED) is 0.362. The summed E-state index contributed by atoms with van der Waals surface area (Å²) >= 11 is 0. The van der Waals surface area contributed by atoms with Gasteiger partial charge in [-0.25, -0.2) is 0 Å². The fraction of sp³-hybridized carbons (Fsp3) is 0.929. The third kappa shape index (κ3) is 3.54. The van der Waals surface area contributed by atoms with Gasteiger partial charge in [-0.15, -0.1) is 0 Å². The molecule has 0 aromatic rings. The number of hydrogen-bond donors (Lipinski definition) is 4. The molecule has 1 aliphatic heterocycles. The maximum absolute atomic E-state index is 11.4. The first kappa shape index (κ1) is 16.6. The van der Waals surface area contributed by atoms with Crippen molar-refractivity contribution in [1.29, 1.82) is 0 Å². The summed E-state index contributed by atoms with van der Waals surface area (Å²) in [4.78, 5) is 11.4. The van der Waals surface area contributed by atoms with E-state index in [1.807, 2.05) is 6.92 Å². The van der Waals surface area contributed by atoms with Crippen molar-refractivity contribution in [3.05, 3.63) is 0 Å². The van der Waals surface area contributed by atoms with E-state index in [2.05, 4.69) is 5.32 Å². The van der Waals surface area contributed by atoms with Crippen LogP contribution in [-0.2, 0) is 14.3 Å². The predicted octanol–water partition coefficient (Wildman–Crippen LogP) is -1.21. The van der Waals surface area contributed by atoms with E-state index in [1.54, 1.807) is 0 Å². The molecular weight excluding hydrogens is 278 g/mol. The highest BCUT2D eigenvalue weighted by Gasteiger charge is 2.60. The van der Waals surface area contributed by atoms with Crippen molar-refractivity contribution >= 4 is 5.91 Å². The van der Waals surface area contributed by atoms with E-state index in [9.17, 15) is 20.1 Å². The van der Waals surface area contributed by atoms with Crippen molar-refractivity contribution in [2.45, 2.75) is 63.3 Å². The van der Waals surface area contributed by atoms with Crippen LogP contribution in [0.25, 0.3) is 0 Å². The van der Waals surface area contributed by atoms with Crippen molar-refractivity contribution < 1.29 is 29.6 Å². The van der Waals surface area contributed by atoms with Crippen LogP contribution in [0.15, 0.2) is 0 Å². The van der Waals surface area contributed by atoms with Crippen molar-refractivity contribution in [3.63, 3.8) is 0 Å². The lowest BCUT2D eigenvalue weighted by atomic mass is 9.95. The van der Waals surface area contributed by atoms with Crippen LogP contribution < -0.4 is 5.32 Å². The van der Waals surface area contributed by atoms with Crippen molar-refractivity contribution in [2.24, 2.45) is 5.92 Å². The maximum Gasteiger partial charge on any atom is 0.217 e. The summed E-state index contributed by atoms with van der Waals surface area (Å²) in [6.45, 7) is 3.60. The Morgan fingerprint density at radius 3 is 2.57 bits per heavy atom. The molecule has 0 bridgehead atoms. The molecule has 122 valence electrons. The Balaban J connectivity index is 2.15. The van der Waals surface area contributed by atoms with Crippen LogP contribution in [-0.4, -0.2) is 71.0 Å². The number of ether oxygens (including phenoxy) is 2. The van der Waals surface area contributed by atoms with Gasteiger partial charge in [0.1, 0.15) is 18.3 Å².